The third kappa shape index (κ3) is 6.36. The van der Waals surface area contributed by atoms with Gasteiger partial charge in [0.05, 0.1) is 33.1 Å². The molecule has 0 radical (unpaired) electrons. The SMILES string of the molecule is c1ccc(-c2ccc(-n3c4ccccc4c4cc5c6cc(-c7ccc8c(c7)c7ccccc7n8-c7cccc(-c8ccccc8)c7)ccc6n(-c6cccc(-c7ccccc7)c6)c5cc43)cc2)cc1. The van der Waals surface area contributed by atoms with Crippen LogP contribution in [0.2, 0.25) is 0 Å². The van der Waals surface area contributed by atoms with Gasteiger partial charge in [0.25, 0.3) is 0 Å². The van der Waals surface area contributed by atoms with Crippen molar-refractivity contribution in [3.63, 3.8) is 0 Å². The lowest BCUT2D eigenvalue weighted by atomic mass is 10.00. The molecule has 0 aliphatic carbocycles. The summed E-state index contributed by atoms with van der Waals surface area (Å²) in [6, 6.07) is 95.5. The molecule has 322 valence electrons. The zero-order valence-electron chi connectivity index (χ0n) is 37.7. The van der Waals surface area contributed by atoms with E-state index in [1.165, 1.54) is 110 Å². The maximum Gasteiger partial charge on any atom is 0.0562 e. The first-order valence-corrected chi connectivity index (χ1v) is 23.7. The number of hydrogen-bond acceptors (Lipinski definition) is 0. The minimum absolute atomic E-state index is 1.13. The van der Waals surface area contributed by atoms with Crippen LogP contribution in [0.15, 0.2) is 261 Å². The molecule has 0 fully saturated rings. The van der Waals surface area contributed by atoms with Gasteiger partial charge in [0.2, 0.25) is 0 Å². The van der Waals surface area contributed by atoms with Gasteiger partial charge in [-0.05, 0) is 129 Å². The average molecular weight is 878 g/mol. The molecule has 0 saturated carbocycles. The Kier molecular flexibility index (Phi) is 8.90. The molecule has 0 aliphatic heterocycles. The summed E-state index contributed by atoms with van der Waals surface area (Å²) in [6.45, 7) is 0. The summed E-state index contributed by atoms with van der Waals surface area (Å²) in [7, 11) is 0. The number of rotatable bonds is 7. The van der Waals surface area contributed by atoms with E-state index >= 15 is 0 Å². The van der Waals surface area contributed by atoms with Gasteiger partial charge in [-0.15, -0.1) is 0 Å². The molecule has 14 aromatic rings. The summed E-state index contributed by atoms with van der Waals surface area (Å²) >= 11 is 0. The number of fused-ring (bicyclic) bond motifs is 9. The van der Waals surface area contributed by atoms with Crippen LogP contribution in [0.1, 0.15) is 0 Å². The van der Waals surface area contributed by atoms with Crippen molar-refractivity contribution in [3.05, 3.63) is 261 Å². The Balaban J connectivity index is 0.977. The lowest BCUT2D eigenvalue weighted by Crippen LogP contribution is -1.96. The third-order valence-electron chi connectivity index (χ3n) is 14.2. The molecule has 0 unspecified atom stereocenters. The van der Waals surface area contributed by atoms with Crippen molar-refractivity contribution in [2.75, 3.05) is 0 Å². The normalized spacial score (nSPS) is 11.8. The highest BCUT2D eigenvalue weighted by Crippen LogP contribution is 2.43. The first-order chi connectivity index (χ1) is 34.2. The zero-order chi connectivity index (χ0) is 45.4. The van der Waals surface area contributed by atoms with Crippen LogP contribution in [0.5, 0.6) is 0 Å². The minimum Gasteiger partial charge on any atom is -0.309 e. The Labute approximate surface area is 399 Å². The zero-order valence-corrected chi connectivity index (χ0v) is 37.7. The first kappa shape index (κ1) is 39.0. The summed E-state index contributed by atoms with van der Waals surface area (Å²) in [5.41, 5.74) is 20.1. The number of benzene rings is 11. The van der Waals surface area contributed by atoms with Gasteiger partial charge < -0.3 is 13.7 Å². The number of nitrogens with zero attached hydrogens (tertiary/aromatic N) is 3. The highest BCUT2D eigenvalue weighted by Gasteiger charge is 2.21. The summed E-state index contributed by atoms with van der Waals surface area (Å²) in [4.78, 5) is 0. The van der Waals surface area contributed by atoms with Crippen LogP contribution in [-0.4, -0.2) is 13.7 Å². The topological polar surface area (TPSA) is 14.8 Å². The molecule has 3 nitrogen and oxygen atoms in total. The van der Waals surface area contributed by atoms with Crippen LogP contribution in [0.25, 0.3) is 127 Å². The lowest BCUT2D eigenvalue weighted by Gasteiger charge is -2.12. The third-order valence-corrected chi connectivity index (χ3v) is 14.2. The van der Waals surface area contributed by atoms with Crippen molar-refractivity contribution < 1.29 is 0 Å². The van der Waals surface area contributed by atoms with Gasteiger partial charge in [-0.1, -0.05) is 176 Å². The molecule has 3 heteroatoms. The van der Waals surface area contributed by atoms with E-state index in [0.717, 1.165) is 17.1 Å². The van der Waals surface area contributed by atoms with Crippen molar-refractivity contribution in [1.82, 2.24) is 13.7 Å². The summed E-state index contributed by atoms with van der Waals surface area (Å²) < 4.78 is 7.33. The van der Waals surface area contributed by atoms with Gasteiger partial charge in [-0.3, -0.25) is 0 Å². The Morgan fingerprint density at radius 3 is 1.01 bits per heavy atom. The number of aromatic nitrogens is 3. The van der Waals surface area contributed by atoms with E-state index in [-0.39, 0.29) is 0 Å². The molecule has 69 heavy (non-hydrogen) atoms. The fourth-order valence-electron chi connectivity index (χ4n) is 11.0. The standard InChI is InChI=1S/C66H43N3/c1-4-16-44(17-5-1)47-30-34-52(35-31-47)67-61-28-12-11-27-56(61)59-42-60-58-41-51(33-37-64(58)69(66(60)43-65(59)67)54-25-15-23-49(39-54)46-20-8-3-9-21-46)50-32-36-63-57(40-50)55-26-10-13-29-62(55)68(63)53-24-14-22-48(38-53)45-18-6-2-7-19-45/h1-43H. The minimum atomic E-state index is 1.13. The van der Waals surface area contributed by atoms with E-state index < -0.39 is 0 Å². The van der Waals surface area contributed by atoms with Crippen molar-refractivity contribution in [2.24, 2.45) is 0 Å². The molecular formula is C66H43N3. The van der Waals surface area contributed by atoms with E-state index in [0.29, 0.717) is 0 Å². The van der Waals surface area contributed by atoms with E-state index in [1.807, 2.05) is 0 Å². The molecule has 3 heterocycles. The Hall–Kier alpha value is -9.18. The van der Waals surface area contributed by atoms with Crippen molar-refractivity contribution in [1.29, 1.82) is 0 Å². The second kappa shape index (κ2) is 15.7. The smallest absolute Gasteiger partial charge is 0.0562 e. The van der Waals surface area contributed by atoms with Crippen molar-refractivity contribution in [3.8, 4) is 61.6 Å². The molecule has 0 spiro atoms. The van der Waals surface area contributed by atoms with E-state index in [2.05, 4.69) is 275 Å². The Morgan fingerprint density at radius 1 is 0.159 bits per heavy atom. The Morgan fingerprint density at radius 2 is 0.493 bits per heavy atom. The molecule has 14 rings (SSSR count). The quantitative estimate of drug-likeness (QED) is 0.152. The fraction of sp³-hybridized carbons (Fsp3) is 0. The predicted octanol–water partition coefficient (Wildman–Crippen LogP) is 17.6. The van der Waals surface area contributed by atoms with Gasteiger partial charge in [-0.2, -0.15) is 0 Å². The second-order valence-electron chi connectivity index (χ2n) is 18.1. The van der Waals surface area contributed by atoms with Crippen LogP contribution >= 0.6 is 0 Å². The van der Waals surface area contributed by atoms with Gasteiger partial charge >= 0.3 is 0 Å². The highest BCUT2D eigenvalue weighted by atomic mass is 15.0. The van der Waals surface area contributed by atoms with E-state index in [1.54, 1.807) is 0 Å². The van der Waals surface area contributed by atoms with Gasteiger partial charge in [-0.25, -0.2) is 0 Å². The van der Waals surface area contributed by atoms with E-state index in [9.17, 15) is 0 Å². The van der Waals surface area contributed by atoms with Crippen LogP contribution in [-0.2, 0) is 0 Å². The average Bonchev–Trinajstić information content (AvgIpc) is 4.05. The molecular weight excluding hydrogens is 835 g/mol. The molecule has 11 aromatic carbocycles. The maximum absolute atomic E-state index is 2.47. The Bertz CT molecular complexity index is 4270. The predicted molar refractivity (Wildman–Crippen MR) is 291 cm³/mol. The van der Waals surface area contributed by atoms with E-state index in [4.69, 9.17) is 0 Å². The van der Waals surface area contributed by atoms with Gasteiger partial charge in [0.1, 0.15) is 0 Å². The van der Waals surface area contributed by atoms with Crippen LogP contribution in [0, 0.1) is 0 Å². The molecule has 0 atom stereocenters. The monoisotopic (exact) mass is 877 g/mol. The van der Waals surface area contributed by atoms with Crippen LogP contribution in [0.4, 0.5) is 0 Å². The largest absolute Gasteiger partial charge is 0.309 e. The number of para-hydroxylation sites is 2. The van der Waals surface area contributed by atoms with Crippen LogP contribution < -0.4 is 0 Å². The maximum atomic E-state index is 2.47. The summed E-state index contributed by atoms with van der Waals surface area (Å²) in [5, 5.41) is 7.39. The second-order valence-corrected chi connectivity index (χ2v) is 18.1. The molecule has 0 N–H and O–H groups in total. The van der Waals surface area contributed by atoms with Gasteiger partial charge in [0, 0.05) is 49.4 Å². The van der Waals surface area contributed by atoms with Crippen molar-refractivity contribution in [2.45, 2.75) is 0 Å². The highest BCUT2D eigenvalue weighted by molar-refractivity contribution is 6.20. The lowest BCUT2D eigenvalue weighted by molar-refractivity contribution is 1.16. The van der Waals surface area contributed by atoms with Crippen molar-refractivity contribution >= 4 is 65.4 Å². The molecule has 0 amide bonds. The molecule has 0 bridgehead atoms. The van der Waals surface area contributed by atoms with Crippen LogP contribution in [0.3, 0.4) is 0 Å². The molecule has 3 aromatic heterocycles. The summed E-state index contributed by atoms with van der Waals surface area (Å²) in [5.74, 6) is 0. The first-order valence-electron chi connectivity index (χ1n) is 23.7. The number of hydrogen-bond donors (Lipinski definition) is 0. The van der Waals surface area contributed by atoms with Gasteiger partial charge in [0.15, 0.2) is 0 Å². The molecule has 0 aliphatic rings. The fourth-order valence-corrected chi connectivity index (χ4v) is 11.0. The molecule has 0 saturated heterocycles. The summed E-state index contributed by atoms with van der Waals surface area (Å²) in [6.07, 6.45) is 0.